The predicted octanol–water partition coefficient (Wildman–Crippen LogP) is 4.81. The van der Waals surface area contributed by atoms with Gasteiger partial charge < -0.3 is 24.8 Å². The summed E-state index contributed by atoms with van der Waals surface area (Å²) in [5.74, 6) is 0.434. The minimum absolute atomic E-state index is 0.241. The third-order valence-corrected chi connectivity index (χ3v) is 5.25. The van der Waals surface area contributed by atoms with Gasteiger partial charge in [-0.2, -0.15) is 0 Å². The van der Waals surface area contributed by atoms with Crippen LogP contribution in [-0.2, 0) is 9.53 Å². The number of benzene rings is 3. The lowest BCUT2D eigenvalue weighted by Crippen LogP contribution is -2.10. The van der Waals surface area contributed by atoms with Gasteiger partial charge >= 0.3 is 5.97 Å². The number of hydrogen-bond donors (Lipinski definition) is 2. The maximum Gasteiger partial charge on any atom is 0.338 e. The summed E-state index contributed by atoms with van der Waals surface area (Å²) in [5, 5.41) is 6.28. The van der Waals surface area contributed by atoms with Crippen molar-refractivity contribution in [3.8, 4) is 11.5 Å². The van der Waals surface area contributed by atoms with E-state index < -0.39 is 0 Å². The molecule has 1 amide bonds. The van der Waals surface area contributed by atoms with Crippen LogP contribution < -0.4 is 20.1 Å². The molecule has 4 rings (SSSR count). The number of fused-ring (bicyclic) bond motifs is 1. The molecule has 1 heterocycles. The van der Waals surface area contributed by atoms with Crippen molar-refractivity contribution < 1.29 is 23.8 Å². The molecule has 0 radical (unpaired) electrons. The molecule has 0 aromatic heterocycles. The van der Waals surface area contributed by atoms with Crippen molar-refractivity contribution in [3.63, 3.8) is 0 Å². The fourth-order valence-electron chi connectivity index (χ4n) is 3.68. The van der Waals surface area contributed by atoms with Crippen LogP contribution in [0.2, 0.25) is 0 Å². The largest absolute Gasteiger partial charge is 0.493 e. The van der Waals surface area contributed by atoms with Crippen LogP contribution in [0, 0.1) is 0 Å². The topological polar surface area (TPSA) is 85.9 Å². The number of methoxy groups -OCH3 is 2. The average molecular weight is 444 g/mol. The molecule has 1 aliphatic rings. The second-order valence-electron chi connectivity index (χ2n) is 7.25. The number of hydrogen-bond acceptors (Lipinski definition) is 6. The number of rotatable bonds is 7. The molecule has 0 bridgehead atoms. The first-order chi connectivity index (χ1) is 16.0. The molecule has 3 aromatic carbocycles. The summed E-state index contributed by atoms with van der Waals surface area (Å²) in [6, 6.07) is 20.0. The lowest BCUT2D eigenvalue weighted by Gasteiger charge is -2.16. The van der Waals surface area contributed by atoms with Crippen molar-refractivity contribution in [1.29, 1.82) is 0 Å². The number of nitrogens with one attached hydrogen (secondary N) is 2. The predicted molar refractivity (Wildman–Crippen MR) is 127 cm³/mol. The van der Waals surface area contributed by atoms with Crippen LogP contribution in [0.5, 0.6) is 11.5 Å². The Balaban J connectivity index is 1.81. The number of carbonyl (C=O) groups is 2. The van der Waals surface area contributed by atoms with E-state index in [9.17, 15) is 9.59 Å². The Labute approximate surface area is 192 Å². The molecule has 33 heavy (non-hydrogen) atoms. The summed E-state index contributed by atoms with van der Waals surface area (Å²) < 4.78 is 15.9. The van der Waals surface area contributed by atoms with E-state index in [0.29, 0.717) is 46.2 Å². The van der Waals surface area contributed by atoms with Crippen LogP contribution >= 0.6 is 0 Å². The summed E-state index contributed by atoms with van der Waals surface area (Å²) >= 11 is 0. The summed E-state index contributed by atoms with van der Waals surface area (Å²) in [6.45, 7) is 2.08. The SMILES string of the molecule is CCOC(=O)c1ccc(NC(=C2C(=O)Nc3cc(OC)c(OC)cc32)c2ccccc2)cc1. The summed E-state index contributed by atoms with van der Waals surface area (Å²) in [4.78, 5) is 25.1. The third-order valence-electron chi connectivity index (χ3n) is 5.25. The molecule has 168 valence electrons. The van der Waals surface area contributed by atoms with E-state index in [2.05, 4.69) is 10.6 Å². The van der Waals surface area contributed by atoms with Gasteiger partial charge in [0.05, 0.1) is 43.3 Å². The van der Waals surface area contributed by atoms with Gasteiger partial charge in [-0.1, -0.05) is 30.3 Å². The van der Waals surface area contributed by atoms with Crippen molar-refractivity contribution in [1.82, 2.24) is 0 Å². The Morgan fingerprint density at radius 2 is 1.58 bits per heavy atom. The van der Waals surface area contributed by atoms with Crippen LogP contribution in [0.25, 0.3) is 11.3 Å². The molecule has 2 N–H and O–H groups in total. The number of ether oxygens (including phenoxy) is 3. The highest BCUT2D eigenvalue weighted by molar-refractivity contribution is 6.37. The van der Waals surface area contributed by atoms with Crippen molar-refractivity contribution in [2.24, 2.45) is 0 Å². The van der Waals surface area contributed by atoms with Gasteiger partial charge in [0.25, 0.3) is 5.91 Å². The lowest BCUT2D eigenvalue weighted by molar-refractivity contribution is -0.110. The highest BCUT2D eigenvalue weighted by Crippen LogP contribution is 2.43. The molecule has 0 saturated carbocycles. The molecule has 0 fully saturated rings. The lowest BCUT2D eigenvalue weighted by atomic mass is 9.99. The first-order valence-corrected chi connectivity index (χ1v) is 10.5. The highest BCUT2D eigenvalue weighted by Gasteiger charge is 2.30. The molecular formula is C26H24N2O5. The second-order valence-corrected chi connectivity index (χ2v) is 7.25. The van der Waals surface area contributed by atoms with Gasteiger partial charge in [0.2, 0.25) is 0 Å². The van der Waals surface area contributed by atoms with Crippen LogP contribution in [-0.4, -0.2) is 32.7 Å². The zero-order chi connectivity index (χ0) is 23.4. The zero-order valence-corrected chi connectivity index (χ0v) is 18.6. The van der Waals surface area contributed by atoms with Crippen LogP contribution in [0.1, 0.15) is 28.4 Å². The molecule has 7 heteroatoms. The van der Waals surface area contributed by atoms with Crippen LogP contribution in [0.15, 0.2) is 66.7 Å². The number of carbonyl (C=O) groups excluding carboxylic acids is 2. The zero-order valence-electron chi connectivity index (χ0n) is 18.6. The summed E-state index contributed by atoms with van der Waals surface area (Å²) in [7, 11) is 3.11. The van der Waals surface area contributed by atoms with Gasteiger partial charge in [0, 0.05) is 17.3 Å². The summed E-state index contributed by atoms with van der Waals surface area (Å²) in [6.07, 6.45) is 0. The van der Waals surface area contributed by atoms with Crippen molar-refractivity contribution >= 4 is 34.5 Å². The Bertz CT molecular complexity index is 1220. The fraction of sp³-hybridized carbons (Fsp3) is 0.154. The molecular weight excluding hydrogens is 420 g/mol. The molecule has 1 aliphatic heterocycles. The molecule has 7 nitrogen and oxygen atoms in total. The van der Waals surface area contributed by atoms with E-state index in [-0.39, 0.29) is 11.9 Å². The molecule has 0 aliphatic carbocycles. The smallest absolute Gasteiger partial charge is 0.338 e. The molecule has 3 aromatic rings. The first-order valence-electron chi connectivity index (χ1n) is 10.5. The maximum absolute atomic E-state index is 13.1. The van der Waals surface area contributed by atoms with Crippen LogP contribution in [0.4, 0.5) is 11.4 Å². The number of esters is 1. The van der Waals surface area contributed by atoms with Gasteiger partial charge in [-0.3, -0.25) is 4.79 Å². The molecule has 0 saturated heterocycles. The van der Waals surface area contributed by atoms with Gasteiger partial charge in [0.15, 0.2) is 11.5 Å². The normalized spacial score (nSPS) is 13.6. The number of anilines is 2. The number of amides is 1. The van der Waals surface area contributed by atoms with Gasteiger partial charge in [-0.25, -0.2) is 4.79 Å². The van der Waals surface area contributed by atoms with E-state index in [0.717, 1.165) is 11.3 Å². The van der Waals surface area contributed by atoms with Crippen molar-refractivity contribution in [3.05, 3.63) is 83.4 Å². The standard InChI is InChI=1S/C26H24N2O5/c1-4-33-26(30)17-10-12-18(13-11-17)27-24(16-8-6-5-7-9-16)23-19-14-21(31-2)22(32-3)15-20(19)28-25(23)29/h5-15,27H,4H2,1-3H3,(H,28,29). The van der Waals surface area contributed by atoms with Gasteiger partial charge in [0.1, 0.15) is 0 Å². The Morgan fingerprint density at radius 3 is 2.21 bits per heavy atom. The molecule has 0 spiro atoms. The summed E-state index contributed by atoms with van der Waals surface area (Å²) in [5.41, 5.74) is 4.45. The van der Waals surface area contributed by atoms with Crippen LogP contribution in [0.3, 0.4) is 0 Å². The van der Waals surface area contributed by atoms with Crippen molar-refractivity contribution in [2.45, 2.75) is 6.92 Å². The first kappa shape index (κ1) is 22.0. The van der Waals surface area contributed by atoms with E-state index in [4.69, 9.17) is 14.2 Å². The quantitative estimate of drug-likeness (QED) is 0.402. The van der Waals surface area contributed by atoms with E-state index in [1.807, 2.05) is 30.3 Å². The van der Waals surface area contributed by atoms with Gasteiger partial charge in [-0.05, 0) is 42.8 Å². The minimum Gasteiger partial charge on any atom is -0.493 e. The minimum atomic E-state index is -0.379. The van der Waals surface area contributed by atoms with E-state index >= 15 is 0 Å². The Morgan fingerprint density at radius 1 is 0.909 bits per heavy atom. The Hall–Kier alpha value is -4.26. The monoisotopic (exact) mass is 444 g/mol. The fourth-order valence-corrected chi connectivity index (χ4v) is 3.68. The highest BCUT2D eigenvalue weighted by atomic mass is 16.5. The van der Waals surface area contributed by atoms with Gasteiger partial charge in [-0.15, -0.1) is 0 Å². The van der Waals surface area contributed by atoms with E-state index in [1.54, 1.807) is 57.5 Å². The molecule has 0 unspecified atom stereocenters. The Kier molecular flexibility index (Phi) is 6.31. The van der Waals surface area contributed by atoms with E-state index in [1.165, 1.54) is 0 Å². The molecule has 0 atom stereocenters. The third kappa shape index (κ3) is 4.39. The second kappa shape index (κ2) is 9.48. The average Bonchev–Trinajstić information content (AvgIpc) is 3.17. The van der Waals surface area contributed by atoms with Crippen molar-refractivity contribution in [2.75, 3.05) is 31.5 Å². The maximum atomic E-state index is 13.1.